The Morgan fingerprint density at radius 3 is 2.48 bits per heavy atom. The van der Waals surface area contributed by atoms with Gasteiger partial charge in [0.25, 0.3) is 0 Å². The Morgan fingerprint density at radius 1 is 1.12 bits per heavy atom. The van der Waals surface area contributed by atoms with Gasteiger partial charge >= 0.3 is 5.97 Å². The third-order valence-corrected chi connectivity index (χ3v) is 3.81. The summed E-state index contributed by atoms with van der Waals surface area (Å²) < 4.78 is 5.42. The largest absolute Gasteiger partial charge is 0.456 e. The van der Waals surface area contributed by atoms with Crippen LogP contribution < -0.4 is 5.32 Å². The highest BCUT2D eigenvalue weighted by molar-refractivity contribution is 5.89. The van der Waals surface area contributed by atoms with Crippen LogP contribution in [-0.2, 0) is 17.9 Å². The Bertz CT molecular complexity index is 719. The van der Waals surface area contributed by atoms with Crippen molar-refractivity contribution < 1.29 is 14.6 Å². The summed E-state index contributed by atoms with van der Waals surface area (Å²) in [4.78, 5) is 12.2. The number of hydrogen-bond acceptors (Lipinski definition) is 4. The summed E-state index contributed by atoms with van der Waals surface area (Å²) in [5.41, 5.74) is 3.10. The van der Waals surface area contributed by atoms with E-state index in [9.17, 15) is 9.90 Å². The molecule has 0 bridgehead atoms. The SMILES string of the molecule is CC(NCc1cccc(C(=O)OC(C)(C)C)c1)c1cccc(CO)c1. The fourth-order valence-corrected chi connectivity index (χ4v) is 2.49. The van der Waals surface area contributed by atoms with Crippen LogP contribution in [0.2, 0.25) is 0 Å². The standard InChI is InChI=1S/C21H27NO3/c1-15(18-9-6-8-17(12-18)14-23)22-13-16-7-5-10-19(11-16)20(24)25-21(2,3)4/h5-12,15,22-23H,13-14H2,1-4H3. The van der Waals surface area contributed by atoms with E-state index in [4.69, 9.17) is 4.74 Å². The van der Waals surface area contributed by atoms with E-state index in [0.717, 1.165) is 16.7 Å². The van der Waals surface area contributed by atoms with Crippen LogP contribution in [0.3, 0.4) is 0 Å². The molecule has 2 rings (SSSR count). The summed E-state index contributed by atoms with van der Waals surface area (Å²) in [5, 5.41) is 12.7. The van der Waals surface area contributed by atoms with Gasteiger partial charge in [0.05, 0.1) is 12.2 Å². The third kappa shape index (κ3) is 6.00. The van der Waals surface area contributed by atoms with Crippen molar-refractivity contribution in [1.29, 1.82) is 0 Å². The Kier molecular flexibility index (Phi) is 6.34. The molecule has 0 aliphatic heterocycles. The van der Waals surface area contributed by atoms with E-state index in [2.05, 4.69) is 12.2 Å². The number of carbonyl (C=O) groups excluding carboxylic acids is 1. The minimum absolute atomic E-state index is 0.0402. The smallest absolute Gasteiger partial charge is 0.338 e. The first-order chi connectivity index (χ1) is 11.8. The number of nitrogens with one attached hydrogen (secondary N) is 1. The van der Waals surface area contributed by atoms with Gasteiger partial charge in [0.15, 0.2) is 0 Å². The van der Waals surface area contributed by atoms with Crippen molar-refractivity contribution in [2.24, 2.45) is 0 Å². The molecule has 2 aromatic rings. The molecule has 0 aliphatic rings. The summed E-state index contributed by atoms with van der Waals surface area (Å²) in [6.07, 6.45) is 0. The molecule has 0 fully saturated rings. The molecule has 0 saturated carbocycles. The predicted octanol–water partition coefficient (Wildman–Crippen LogP) is 3.99. The molecule has 25 heavy (non-hydrogen) atoms. The predicted molar refractivity (Wildman–Crippen MR) is 99.2 cm³/mol. The maximum absolute atomic E-state index is 12.2. The van der Waals surface area contributed by atoms with Crippen LogP contribution in [-0.4, -0.2) is 16.7 Å². The third-order valence-electron chi connectivity index (χ3n) is 3.81. The van der Waals surface area contributed by atoms with Gasteiger partial charge in [-0.25, -0.2) is 4.79 Å². The van der Waals surface area contributed by atoms with E-state index < -0.39 is 5.60 Å². The van der Waals surface area contributed by atoms with Gasteiger partial charge in [-0.15, -0.1) is 0 Å². The Balaban J connectivity index is 2.01. The number of aliphatic hydroxyl groups is 1. The second-order valence-corrected chi connectivity index (χ2v) is 7.21. The number of carbonyl (C=O) groups is 1. The van der Waals surface area contributed by atoms with Gasteiger partial charge in [0, 0.05) is 12.6 Å². The molecule has 2 aromatic carbocycles. The number of hydrogen-bond donors (Lipinski definition) is 2. The Morgan fingerprint density at radius 2 is 1.80 bits per heavy atom. The first kappa shape index (κ1) is 19.2. The van der Waals surface area contributed by atoms with Crippen molar-refractivity contribution in [3.05, 3.63) is 70.8 Å². The first-order valence-electron chi connectivity index (χ1n) is 8.54. The highest BCUT2D eigenvalue weighted by Crippen LogP contribution is 2.17. The van der Waals surface area contributed by atoms with Crippen LogP contribution in [0, 0.1) is 0 Å². The van der Waals surface area contributed by atoms with Gasteiger partial charge in [-0.2, -0.15) is 0 Å². The number of ether oxygens (including phenoxy) is 1. The fraction of sp³-hybridized carbons (Fsp3) is 0.381. The normalized spacial score (nSPS) is 12.7. The molecular weight excluding hydrogens is 314 g/mol. The van der Waals surface area contributed by atoms with Crippen molar-refractivity contribution in [1.82, 2.24) is 5.32 Å². The maximum Gasteiger partial charge on any atom is 0.338 e. The van der Waals surface area contributed by atoms with E-state index in [1.165, 1.54) is 0 Å². The van der Waals surface area contributed by atoms with Crippen LogP contribution in [0.15, 0.2) is 48.5 Å². The molecule has 0 radical (unpaired) electrons. The molecule has 0 spiro atoms. The van der Waals surface area contributed by atoms with Gasteiger partial charge in [-0.3, -0.25) is 0 Å². The molecule has 0 saturated heterocycles. The molecule has 0 amide bonds. The highest BCUT2D eigenvalue weighted by Gasteiger charge is 2.18. The lowest BCUT2D eigenvalue weighted by molar-refractivity contribution is 0.00694. The highest BCUT2D eigenvalue weighted by atomic mass is 16.6. The number of aliphatic hydroxyl groups excluding tert-OH is 1. The lowest BCUT2D eigenvalue weighted by Crippen LogP contribution is -2.24. The van der Waals surface area contributed by atoms with Crippen LogP contribution in [0.4, 0.5) is 0 Å². The van der Waals surface area contributed by atoms with E-state index >= 15 is 0 Å². The van der Waals surface area contributed by atoms with Crippen LogP contribution in [0.1, 0.15) is 60.8 Å². The lowest BCUT2D eigenvalue weighted by atomic mass is 10.0. The molecule has 0 heterocycles. The molecule has 2 N–H and O–H groups in total. The van der Waals surface area contributed by atoms with Crippen molar-refractivity contribution in [3.63, 3.8) is 0 Å². The summed E-state index contributed by atoms with van der Waals surface area (Å²) in [6, 6.07) is 15.5. The second-order valence-electron chi connectivity index (χ2n) is 7.21. The molecule has 0 aromatic heterocycles. The molecule has 1 unspecified atom stereocenters. The van der Waals surface area contributed by atoms with Crippen molar-refractivity contribution in [2.75, 3.05) is 0 Å². The molecule has 134 valence electrons. The second kappa shape index (κ2) is 8.28. The van der Waals surface area contributed by atoms with Crippen molar-refractivity contribution >= 4 is 5.97 Å². The zero-order valence-corrected chi connectivity index (χ0v) is 15.4. The lowest BCUT2D eigenvalue weighted by Gasteiger charge is -2.20. The molecule has 4 nitrogen and oxygen atoms in total. The summed E-state index contributed by atoms with van der Waals surface area (Å²) in [6.45, 7) is 8.34. The monoisotopic (exact) mass is 341 g/mol. The maximum atomic E-state index is 12.2. The topological polar surface area (TPSA) is 58.6 Å². The van der Waals surface area contributed by atoms with Crippen LogP contribution in [0.5, 0.6) is 0 Å². The summed E-state index contributed by atoms with van der Waals surface area (Å²) in [7, 11) is 0. The van der Waals surface area contributed by atoms with E-state index in [1.54, 1.807) is 6.07 Å². The number of esters is 1. The van der Waals surface area contributed by atoms with Gasteiger partial charge in [-0.1, -0.05) is 36.4 Å². The summed E-state index contributed by atoms with van der Waals surface area (Å²) in [5.74, 6) is -0.307. The van der Waals surface area contributed by atoms with Crippen molar-refractivity contribution in [2.45, 2.75) is 52.5 Å². The number of benzene rings is 2. The quantitative estimate of drug-likeness (QED) is 0.780. The summed E-state index contributed by atoms with van der Waals surface area (Å²) >= 11 is 0. The molecular formula is C21H27NO3. The first-order valence-corrected chi connectivity index (χ1v) is 8.54. The van der Waals surface area contributed by atoms with E-state index in [1.807, 2.05) is 63.2 Å². The fourth-order valence-electron chi connectivity index (χ4n) is 2.49. The Labute approximate surface area is 149 Å². The Hall–Kier alpha value is -2.17. The minimum atomic E-state index is -0.502. The van der Waals surface area contributed by atoms with Gasteiger partial charge in [-0.05, 0) is 56.5 Å². The van der Waals surface area contributed by atoms with Gasteiger partial charge < -0.3 is 15.2 Å². The van der Waals surface area contributed by atoms with Gasteiger partial charge in [0.1, 0.15) is 5.60 Å². The van der Waals surface area contributed by atoms with Crippen LogP contribution in [0.25, 0.3) is 0 Å². The average Bonchev–Trinajstić information content (AvgIpc) is 2.58. The van der Waals surface area contributed by atoms with E-state index in [0.29, 0.717) is 12.1 Å². The zero-order valence-electron chi connectivity index (χ0n) is 15.4. The molecule has 0 aliphatic carbocycles. The zero-order chi connectivity index (χ0) is 18.4. The van der Waals surface area contributed by atoms with Crippen LogP contribution >= 0.6 is 0 Å². The average molecular weight is 341 g/mol. The van der Waals surface area contributed by atoms with E-state index in [-0.39, 0.29) is 18.6 Å². The molecule has 1 atom stereocenters. The number of rotatable bonds is 6. The molecule has 4 heteroatoms. The van der Waals surface area contributed by atoms with Crippen molar-refractivity contribution in [3.8, 4) is 0 Å². The van der Waals surface area contributed by atoms with Gasteiger partial charge in [0.2, 0.25) is 0 Å². The minimum Gasteiger partial charge on any atom is -0.456 e.